The second-order valence-corrected chi connectivity index (χ2v) is 7.22. The molecule has 0 radical (unpaired) electrons. The average molecular weight is 282 g/mol. The predicted octanol–water partition coefficient (Wildman–Crippen LogP) is 2.06. The quantitative estimate of drug-likeness (QED) is 0.923. The van der Waals surface area contributed by atoms with E-state index in [-0.39, 0.29) is 11.9 Å². The summed E-state index contributed by atoms with van der Waals surface area (Å²) in [6.07, 6.45) is 2.20. The van der Waals surface area contributed by atoms with Gasteiger partial charge in [0.15, 0.2) is 0 Å². The Morgan fingerprint density at radius 3 is 2.74 bits per heavy atom. The molecule has 1 fully saturated rings. The molecule has 1 aromatic rings. The number of aliphatic hydroxyl groups is 1. The first-order valence-corrected chi connectivity index (χ1v) is 7.55. The number of thiazole rings is 1. The Hall–Kier alpha value is -0.940. The highest BCUT2D eigenvalue weighted by atomic mass is 32.1. The topological polar surface area (TPSA) is 53.4 Å². The van der Waals surface area contributed by atoms with Crippen molar-refractivity contribution in [3.8, 4) is 0 Å². The highest BCUT2D eigenvalue weighted by Crippen LogP contribution is 2.28. The number of nitrogens with zero attached hydrogens (tertiary/aromatic N) is 2. The molecule has 0 aliphatic carbocycles. The second-order valence-electron chi connectivity index (χ2n) is 5.81. The van der Waals surface area contributed by atoms with Gasteiger partial charge in [0.05, 0.1) is 28.8 Å². The number of rotatable bonds is 3. The summed E-state index contributed by atoms with van der Waals surface area (Å²) in [4.78, 5) is 19.8. The number of hydrogen-bond acceptors (Lipinski definition) is 4. The first-order chi connectivity index (χ1) is 8.79. The molecule has 1 aliphatic rings. The van der Waals surface area contributed by atoms with Gasteiger partial charge >= 0.3 is 0 Å². The zero-order valence-corrected chi connectivity index (χ0v) is 12.9. The minimum absolute atomic E-state index is 0.0694. The normalized spacial score (nSPS) is 20.1. The predicted molar refractivity (Wildman–Crippen MR) is 76.3 cm³/mol. The van der Waals surface area contributed by atoms with Crippen molar-refractivity contribution in [2.24, 2.45) is 0 Å². The van der Waals surface area contributed by atoms with Gasteiger partial charge in [-0.3, -0.25) is 4.79 Å². The zero-order valence-electron chi connectivity index (χ0n) is 12.1. The molecule has 5 heteroatoms. The lowest BCUT2D eigenvalue weighted by atomic mass is 9.96. The molecule has 1 N–H and O–H groups in total. The van der Waals surface area contributed by atoms with E-state index >= 15 is 0 Å². The SMILES string of the molecule is Cc1nc(CC(=O)N2CCCC2C(C)(C)O)c(C)s1. The highest BCUT2D eigenvalue weighted by molar-refractivity contribution is 7.11. The van der Waals surface area contributed by atoms with E-state index in [2.05, 4.69) is 4.98 Å². The highest BCUT2D eigenvalue weighted by Gasteiger charge is 2.38. The molecule has 1 aliphatic heterocycles. The molecule has 0 spiro atoms. The summed E-state index contributed by atoms with van der Waals surface area (Å²) in [6, 6.07) is -0.0694. The van der Waals surface area contributed by atoms with Gasteiger partial charge in [-0.15, -0.1) is 11.3 Å². The Balaban J connectivity index is 2.09. The number of amides is 1. The fourth-order valence-corrected chi connectivity index (χ4v) is 3.62. The van der Waals surface area contributed by atoms with Gasteiger partial charge in [-0.25, -0.2) is 4.98 Å². The minimum atomic E-state index is -0.834. The maximum Gasteiger partial charge on any atom is 0.228 e. The van der Waals surface area contributed by atoms with Crippen molar-refractivity contribution in [3.05, 3.63) is 15.6 Å². The van der Waals surface area contributed by atoms with Crippen LogP contribution in [0.15, 0.2) is 0 Å². The van der Waals surface area contributed by atoms with E-state index in [0.717, 1.165) is 35.0 Å². The maximum atomic E-state index is 12.4. The van der Waals surface area contributed by atoms with Gasteiger partial charge in [-0.1, -0.05) is 0 Å². The summed E-state index contributed by atoms with van der Waals surface area (Å²) < 4.78 is 0. The van der Waals surface area contributed by atoms with Crippen LogP contribution in [-0.2, 0) is 11.2 Å². The van der Waals surface area contributed by atoms with Gasteiger partial charge in [0.25, 0.3) is 0 Å². The van der Waals surface area contributed by atoms with Crippen LogP contribution in [-0.4, -0.2) is 39.1 Å². The van der Waals surface area contributed by atoms with Crippen LogP contribution < -0.4 is 0 Å². The van der Waals surface area contributed by atoms with E-state index in [0.29, 0.717) is 6.42 Å². The monoisotopic (exact) mass is 282 g/mol. The van der Waals surface area contributed by atoms with Crippen LogP contribution in [0.2, 0.25) is 0 Å². The summed E-state index contributed by atoms with van der Waals surface area (Å²) in [6.45, 7) is 8.27. The summed E-state index contributed by atoms with van der Waals surface area (Å²) in [5.41, 5.74) is 0.0491. The number of carbonyl (C=O) groups excluding carboxylic acids is 1. The van der Waals surface area contributed by atoms with Crippen molar-refractivity contribution in [1.82, 2.24) is 9.88 Å². The van der Waals surface area contributed by atoms with E-state index in [1.54, 1.807) is 25.2 Å². The van der Waals surface area contributed by atoms with Crippen molar-refractivity contribution in [1.29, 1.82) is 0 Å². The fourth-order valence-electron chi connectivity index (χ4n) is 2.78. The Morgan fingerprint density at radius 2 is 2.21 bits per heavy atom. The maximum absolute atomic E-state index is 12.4. The summed E-state index contributed by atoms with van der Waals surface area (Å²) in [5, 5.41) is 11.2. The van der Waals surface area contributed by atoms with Gasteiger partial charge in [0.2, 0.25) is 5.91 Å². The average Bonchev–Trinajstić information content (AvgIpc) is 2.85. The lowest BCUT2D eigenvalue weighted by Gasteiger charge is -2.33. The molecule has 106 valence electrons. The first-order valence-electron chi connectivity index (χ1n) is 6.74. The molecule has 0 aromatic carbocycles. The zero-order chi connectivity index (χ0) is 14.2. The van der Waals surface area contributed by atoms with Crippen LogP contribution in [0, 0.1) is 13.8 Å². The number of aryl methyl sites for hydroxylation is 2. The molecule has 4 nitrogen and oxygen atoms in total. The molecule has 1 unspecified atom stereocenters. The summed E-state index contributed by atoms with van der Waals surface area (Å²) >= 11 is 1.63. The van der Waals surface area contributed by atoms with Gasteiger partial charge in [-0.05, 0) is 40.5 Å². The third-order valence-corrected chi connectivity index (χ3v) is 4.64. The molecule has 19 heavy (non-hydrogen) atoms. The molecule has 0 saturated carbocycles. The van der Waals surface area contributed by atoms with Crippen LogP contribution >= 0.6 is 11.3 Å². The van der Waals surface area contributed by atoms with Crippen LogP contribution in [0.4, 0.5) is 0 Å². The van der Waals surface area contributed by atoms with Gasteiger partial charge in [-0.2, -0.15) is 0 Å². The fraction of sp³-hybridized carbons (Fsp3) is 0.714. The molecule has 1 amide bonds. The molecule has 0 bridgehead atoms. The van der Waals surface area contributed by atoms with Crippen LogP contribution in [0.25, 0.3) is 0 Å². The van der Waals surface area contributed by atoms with Crippen molar-refractivity contribution >= 4 is 17.2 Å². The molecule has 2 heterocycles. The molecule has 1 atom stereocenters. The van der Waals surface area contributed by atoms with Crippen LogP contribution in [0.5, 0.6) is 0 Å². The van der Waals surface area contributed by atoms with Gasteiger partial charge in [0, 0.05) is 11.4 Å². The molecule has 1 aromatic heterocycles. The van der Waals surface area contributed by atoms with E-state index in [4.69, 9.17) is 0 Å². The van der Waals surface area contributed by atoms with E-state index in [9.17, 15) is 9.90 Å². The Bertz CT molecular complexity index is 476. The number of aromatic nitrogens is 1. The lowest BCUT2D eigenvalue weighted by Crippen LogP contribution is -2.48. The van der Waals surface area contributed by atoms with Crippen molar-refractivity contribution in [3.63, 3.8) is 0 Å². The lowest BCUT2D eigenvalue weighted by molar-refractivity contribution is -0.135. The number of carbonyl (C=O) groups is 1. The third-order valence-electron chi connectivity index (χ3n) is 3.71. The van der Waals surface area contributed by atoms with Crippen molar-refractivity contribution in [2.45, 2.75) is 58.6 Å². The Labute approximate surface area is 118 Å². The van der Waals surface area contributed by atoms with Gasteiger partial charge in [0.1, 0.15) is 0 Å². The van der Waals surface area contributed by atoms with Gasteiger partial charge < -0.3 is 10.0 Å². The Kier molecular flexibility index (Phi) is 3.97. The smallest absolute Gasteiger partial charge is 0.228 e. The van der Waals surface area contributed by atoms with Crippen LogP contribution in [0.1, 0.15) is 42.3 Å². The second kappa shape index (κ2) is 5.21. The minimum Gasteiger partial charge on any atom is -0.388 e. The summed E-state index contributed by atoms with van der Waals surface area (Å²) in [5.74, 6) is 0.0815. The molecule has 2 rings (SSSR count). The van der Waals surface area contributed by atoms with Crippen molar-refractivity contribution < 1.29 is 9.90 Å². The first kappa shape index (κ1) is 14.5. The van der Waals surface area contributed by atoms with E-state index in [1.165, 1.54) is 0 Å². The molecule has 1 saturated heterocycles. The van der Waals surface area contributed by atoms with E-state index < -0.39 is 5.60 Å². The van der Waals surface area contributed by atoms with Crippen molar-refractivity contribution in [2.75, 3.05) is 6.54 Å². The number of likely N-dealkylation sites (tertiary alicyclic amines) is 1. The molecular weight excluding hydrogens is 260 g/mol. The van der Waals surface area contributed by atoms with E-state index in [1.807, 2.05) is 18.7 Å². The largest absolute Gasteiger partial charge is 0.388 e. The van der Waals surface area contributed by atoms with Crippen LogP contribution in [0.3, 0.4) is 0 Å². The molecular formula is C14H22N2O2S. The third kappa shape index (κ3) is 3.15. The number of hydrogen-bond donors (Lipinski definition) is 1. The standard InChI is InChI=1S/C14H22N2O2S/c1-9-11(15-10(2)19-9)8-13(17)16-7-5-6-12(16)14(3,4)18/h12,18H,5-8H2,1-4H3. The Morgan fingerprint density at radius 1 is 1.53 bits per heavy atom. The summed E-state index contributed by atoms with van der Waals surface area (Å²) in [7, 11) is 0.